The SMILES string of the molecule is COC(=O)c1ccc2c(c1)C(=O)/C(=C\c1cc(OC)ccc1OC)O2. The van der Waals surface area contributed by atoms with Crippen LogP contribution in [0, 0.1) is 0 Å². The largest absolute Gasteiger partial charge is 0.497 e. The van der Waals surface area contributed by atoms with Crippen molar-refractivity contribution in [2.45, 2.75) is 0 Å². The Bertz CT molecular complexity index is 881. The van der Waals surface area contributed by atoms with Gasteiger partial charge < -0.3 is 18.9 Å². The van der Waals surface area contributed by atoms with Crippen molar-refractivity contribution in [3.8, 4) is 17.2 Å². The van der Waals surface area contributed by atoms with E-state index in [0.717, 1.165) is 0 Å². The lowest BCUT2D eigenvalue weighted by Crippen LogP contribution is -2.03. The molecule has 0 aromatic heterocycles. The Morgan fingerprint density at radius 3 is 2.52 bits per heavy atom. The highest BCUT2D eigenvalue weighted by Gasteiger charge is 2.28. The van der Waals surface area contributed by atoms with Gasteiger partial charge in [-0.1, -0.05) is 0 Å². The van der Waals surface area contributed by atoms with E-state index in [0.29, 0.717) is 33.9 Å². The summed E-state index contributed by atoms with van der Waals surface area (Å²) in [5.41, 5.74) is 1.25. The van der Waals surface area contributed by atoms with E-state index in [9.17, 15) is 9.59 Å². The molecule has 0 aliphatic carbocycles. The molecule has 128 valence electrons. The highest BCUT2D eigenvalue weighted by atomic mass is 16.5. The summed E-state index contributed by atoms with van der Waals surface area (Å²) in [6.07, 6.45) is 1.58. The van der Waals surface area contributed by atoms with Gasteiger partial charge in [-0.25, -0.2) is 4.79 Å². The number of esters is 1. The Morgan fingerprint density at radius 1 is 1.04 bits per heavy atom. The van der Waals surface area contributed by atoms with E-state index in [1.54, 1.807) is 50.6 Å². The number of rotatable bonds is 4. The van der Waals surface area contributed by atoms with E-state index in [1.807, 2.05) is 0 Å². The van der Waals surface area contributed by atoms with Crippen molar-refractivity contribution in [1.82, 2.24) is 0 Å². The van der Waals surface area contributed by atoms with Gasteiger partial charge in [0, 0.05) is 5.56 Å². The summed E-state index contributed by atoms with van der Waals surface area (Å²) >= 11 is 0. The second-order valence-corrected chi connectivity index (χ2v) is 5.25. The van der Waals surface area contributed by atoms with Crippen LogP contribution in [0.5, 0.6) is 17.2 Å². The number of fused-ring (bicyclic) bond motifs is 1. The molecule has 3 rings (SSSR count). The number of carbonyl (C=O) groups is 2. The fourth-order valence-electron chi connectivity index (χ4n) is 2.53. The number of ketones is 1. The molecule has 1 aliphatic rings. The lowest BCUT2D eigenvalue weighted by Gasteiger charge is -2.07. The minimum atomic E-state index is -0.512. The van der Waals surface area contributed by atoms with E-state index in [4.69, 9.17) is 14.2 Å². The second kappa shape index (κ2) is 6.68. The number of carbonyl (C=O) groups excluding carboxylic acids is 2. The molecule has 1 aliphatic heterocycles. The van der Waals surface area contributed by atoms with Crippen LogP contribution >= 0.6 is 0 Å². The summed E-state index contributed by atoms with van der Waals surface area (Å²) in [6.45, 7) is 0. The van der Waals surface area contributed by atoms with Crippen LogP contribution in [0.1, 0.15) is 26.3 Å². The average Bonchev–Trinajstić information content (AvgIpc) is 2.96. The van der Waals surface area contributed by atoms with Crippen LogP contribution in [0.3, 0.4) is 0 Å². The molecule has 0 radical (unpaired) electrons. The first kappa shape index (κ1) is 16.6. The fraction of sp³-hybridized carbons (Fsp3) is 0.158. The third-order valence-corrected chi connectivity index (χ3v) is 3.81. The fourth-order valence-corrected chi connectivity index (χ4v) is 2.53. The number of benzene rings is 2. The lowest BCUT2D eigenvalue weighted by atomic mass is 10.1. The van der Waals surface area contributed by atoms with Gasteiger partial charge in [0.2, 0.25) is 5.78 Å². The van der Waals surface area contributed by atoms with Gasteiger partial charge in [-0.3, -0.25) is 4.79 Å². The molecule has 0 atom stereocenters. The predicted octanol–water partition coefficient (Wildman–Crippen LogP) is 3.11. The zero-order valence-electron chi connectivity index (χ0n) is 14.0. The first-order valence-corrected chi connectivity index (χ1v) is 7.46. The van der Waals surface area contributed by atoms with Gasteiger partial charge in [0.1, 0.15) is 17.2 Å². The molecule has 1 heterocycles. The summed E-state index contributed by atoms with van der Waals surface area (Å²) < 4.78 is 20.8. The van der Waals surface area contributed by atoms with Crippen molar-refractivity contribution >= 4 is 17.8 Å². The lowest BCUT2D eigenvalue weighted by molar-refractivity contribution is 0.0600. The molecule has 0 bridgehead atoms. The minimum absolute atomic E-state index is 0.142. The zero-order valence-corrected chi connectivity index (χ0v) is 14.0. The van der Waals surface area contributed by atoms with E-state index < -0.39 is 5.97 Å². The van der Waals surface area contributed by atoms with Crippen molar-refractivity contribution in [2.24, 2.45) is 0 Å². The van der Waals surface area contributed by atoms with Gasteiger partial charge in [0.25, 0.3) is 0 Å². The Hall–Kier alpha value is -3.28. The number of hydrogen-bond donors (Lipinski definition) is 0. The zero-order chi connectivity index (χ0) is 18.0. The second-order valence-electron chi connectivity index (χ2n) is 5.25. The molecule has 0 amide bonds. The Labute approximate surface area is 144 Å². The smallest absolute Gasteiger partial charge is 0.337 e. The van der Waals surface area contributed by atoms with Gasteiger partial charge >= 0.3 is 5.97 Å². The third kappa shape index (κ3) is 3.06. The molecule has 0 spiro atoms. The maximum atomic E-state index is 12.6. The van der Waals surface area contributed by atoms with E-state index in [-0.39, 0.29) is 11.5 Å². The van der Waals surface area contributed by atoms with Gasteiger partial charge in [-0.2, -0.15) is 0 Å². The van der Waals surface area contributed by atoms with Gasteiger partial charge in [0.05, 0.1) is 32.5 Å². The highest BCUT2D eigenvalue weighted by molar-refractivity contribution is 6.15. The molecule has 0 N–H and O–H groups in total. The van der Waals surface area contributed by atoms with E-state index >= 15 is 0 Å². The number of methoxy groups -OCH3 is 3. The van der Waals surface area contributed by atoms with Crippen LogP contribution < -0.4 is 14.2 Å². The van der Waals surface area contributed by atoms with Crippen LogP contribution in [-0.4, -0.2) is 33.1 Å². The summed E-state index contributed by atoms with van der Waals surface area (Å²) in [7, 11) is 4.38. The number of hydrogen-bond acceptors (Lipinski definition) is 6. The Morgan fingerprint density at radius 2 is 1.84 bits per heavy atom. The van der Waals surface area contributed by atoms with E-state index in [1.165, 1.54) is 13.2 Å². The van der Waals surface area contributed by atoms with Crippen molar-refractivity contribution in [3.63, 3.8) is 0 Å². The van der Waals surface area contributed by atoms with Crippen molar-refractivity contribution in [1.29, 1.82) is 0 Å². The van der Waals surface area contributed by atoms with Crippen LogP contribution in [0.25, 0.3) is 6.08 Å². The molecular formula is C19H16O6. The summed E-state index contributed by atoms with van der Waals surface area (Å²) in [5, 5.41) is 0. The van der Waals surface area contributed by atoms with Crippen LogP contribution in [0.15, 0.2) is 42.2 Å². The monoisotopic (exact) mass is 340 g/mol. The number of Topliss-reactive ketones (excluding diaryl/α,β-unsaturated/α-hetero) is 1. The molecule has 6 heteroatoms. The number of ether oxygens (including phenoxy) is 4. The minimum Gasteiger partial charge on any atom is -0.497 e. The molecule has 0 saturated heterocycles. The standard InChI is InChI=1S/C19H16O6/c1-22-13-5-7-15(23-2)12(8-13)10-17-18(20)14-9-11(19(21)24-3)4-6-16(14)25-17/h4-10H,1-3H3/b17-10+. The topological polar surface area (TPSA) is 71.1 Å². The predicted molar refractivity (Wildman–Crippen MR) is 90.3 cm³/mol. The normalized spacial score (nSPS) is 14.0. The maximum absolute atomic E-state index is 12.6. The summed E-state index contributed by atoms with van der Waals surface area (Å²) in [6, 6.07) is 9.83. The Kier molecular flexibility index (Phi) is 4.43. The van der Waals surface area contributed by atoms with Crippen LogP contribution in [0.4, 0.5) is 0 Å². The van der Waals surface area contributed by atoms with Crippen molar-refractivity contribution in [2.75, 3.05) is 21.3 Å². The van der Waals surface area contributed by atoms with Crippen LogP contribution in [-0.2, 0) is 4.74 Å². The number of allylic oxidation sites excluding steroid dienone is 1. The first-order valence-electron chi connectivity index (χ1n) is 7.46. The third-order valence-electron chi connectivity index (χ3n) is 3.81. The summed E-state index contributed by atoms with van der Waals surface area (Å²) in [5.74, 6) is 0.918. The molecule has 2 aromatic carbocycles. The van der Waals surface area contributed by atoms with Gasteiger partial charge in [0.15, 0.2) is 5.76 Å². The van der Waals surface area contributed by atoms with Gasteiger partial charge in [-0.15, -0.1) is 0 Å². The van der Waals surface area contributed by atoms with Crippen molar-refractivity contribution < 1.29 is 28.5 Å². The highest BCUT2D eigenvalue weighted by Crippen LogP contribution is 2.34. The first-order chi connectivity index (χ1) is 12.1. The Balaban J connectivity index is 1.99. The van der Waals surface area contributed by atoms with Gasteiger partial charge in [-0.05, 0) is 42.5 Å². The van der Waals surface area contributed by atoms with Crippen molar-refractivity contribution in [3.05, 3.63) is 58.8 Å². The molecule has 0 unspecified atom stereocenters. The average molecular weight is 340 g/mol. The van der Waals surface area contributed by atoms with E-state index in [2.05, 4.69) is 4.74 Å². The maximum Gasteiger partial charge on any atom is 0.337 e. The molecule has 0 saturated carbocycles. The quantitative estimate of drug-likeness (QED) is 0.629. The molecular weight excluding hydrogens is 324 g/mol. The summed E-state index contributed by atoms with van der Waals surface area (Å²) in [4.78, 5) is 24.2. The molecule has 2 aromatic rings. The molecule has 0 fully saturated rings. The molecule has 6 nitrogen and oxygen atoms in total. The van der Waals surface area contributed by atoms with Crippen LogP contribution in [0.2, 0.25) is 0 Å². The molecule has 25 heavy (non-hydrogen) atoms.